The van der Waals surface area contributed by atoms with Crippen molar-refractivity contribution in [3.8, 4) is 0 Å². The molecule has 0 spiro atoms. The fourth-order valence-corrected chi connectivity index (χ4v) is 1.88. The quantitative estimate of drug-likeness (QED) is 0.763. The van der Waals surface area contributed by atoms with Crippen LogP contribution in [0.2, 0.25) is 0 Å². The third kappa shape index (κ3) is 1.48. The third-order valence-electron chi connectivity index (χ3n) is 3.05. The zero-order chi connectivity index (χ0) is 11.1. The standard InChI is InChI=1S/C11H14N4O/c1-13-5-4-12-10(13)8-14-6-7-15(11(14)16)9-2-3-9/h4-7,9H,2-3,8H2,1H3. The molecule has 0 bridgehead atoms. The molecule has 2 aromatic heterocycles. The molecule has 0 saturated heterocycles. The summed E-state index contributed by atoms with van der Waals surface area (Å²) >= 11 is 0. The molecule has 1 saturated carbocycles. The van der Waals surface area contributed by atoms with Crippen LogP contribution in [0.25, 0.3) is 0 Å². The van der Waals surface area contributed by atoms with Gasteiger partial charge < -0.3 is 4.57 Å². The summed E-state index contributed by atoms with van der Waals surface area (Å²) in [6.07, 6.45) is 9.62. The molecule has 0 aliphatic heterocycles. The second-order valence-electron chi connectivity index (χ2n) is 4.30. The Kier molecular flexibility index (Phi) is 1.99. The first-order valence-corrected chi connectivity index (χ1v) is 5.49. The number of nitrogens with zero attached hydrogens (tertiary/aromatic N) is 4. The van der Waals surface area contributed by atoms with Crippen molar-refractivity contribution in [2.75, 3.05) is 0 Å². The lowest BCUT2D eigenvalue weighted by Gasteiger charge is -2.02. The molecule has 5 nitrogen and oxygen atoms in total. The van der Waals surface area contributed by atoms with Crippen molar-refractivity contribution >= 4 is 0 Å². The Balaban J connectivity index is 1.90. The van der Waals surface area contributed by atoms with Crippen molar-refractivity contribution in [1.29, 1.82) is 0 Å². The number of imidazole rings is 2. The van der Waals surface area contributed by atoms with Crippen LogP contribution < -0.4 is 5.69 Å². The highest BCUT2D eigenvalue weighted by Gasteiger charge is 2.25. The zero-order valence-corrected chi connectivity index (χ0v) is 9.21. The van der Waals surface area contributed by atoms with Gasteiger partial charge in [0.15, 0.2) is 0 Å². The highest BCUT2D eigenvalue weighted by molar-refractivity contribution is 4.96. The van der Waals surface area contributed by atoms with Gasteiger partial charge in [-0.25, -0.2) is 9.78 Å². The summed E-state index contributed by atoms with van der Waals surface area (Å²) in [6, 6.07) is 0.440. The van der Waals surface area contributed by atoms with Crippen molar-refractivity contribution in [1.82, 2.24) is 18.7 Å². The van der Waals surface area contributed by atoms with Gasteiger partial charge in [0.2, 0.25) is 0 Å². The number of rotatable bonds is 3. The van der Waals surface area contributed by atoms with Gasteiger partial charge in [0.05, 0.1) is 6.54 Å². The van der Waals surface area contributed by atoms with Gasteiger partial charge in [-0.3, -0.25) is 9.13 Å². The summed E-state index contributed by atoms with van der Waals surface area (Å²) in [5, 5.41) is 0. The number of aryl methyl sites for hydroxylation is 1. The minimum Gasteiger partial charge on any atom is -0.337 e. The van der Waals surface area contributed by atoms with Gasteiger partial charge in [-0.15, -0.1) is 0 Å². The molecule has 0 N–H and O–H groups in total. The monoisotopic (exact) mass is 218 g/mol. The SMILES string of the molecule is Cn1ccnc1Cn1ccn(C2CC2)c1=O. The lowest BCUT2D eigenvalue weighted by Crippen LogP contribution is -2.24. The lowest BCUT2D eigenvalue weighted by atomic mass is 10.6. The van der Waals surface area contributed by atoms with E-state index in [9.17, 15) is 4.79 Å². The van der Waals surface area contributed by atoms with E-state index in [2.05, 4.69) is 4.98 Å². The van der Waals surface area contributed by atoms with Gasteiger partial charge in [-0.1, -0.05) is 0 Å². The molecule has 2 aromatic rings. The first-order chi connectivity index (χ1) is 7.75. The molecule has 2 heterocycles. The van der Waals surface area contributed by atoms with E-state index in [-0.39, 0.29) is 5.69 Å². The summed E-state index contributed by atoms with van der Waals surface area (Å²) in [7, 11) is 1.94. The fourth-order valence-electron chi connectivity index (χ4n) is 1.88. The zero-order valence-electron chi connectivity index (χ0n) is 9.21. The number of hydrogen-bond donors (Lipinski definition) is 0. The van der Waals surface area contributed by atoms with Crippen molar-refractivity contribution in [2.45, 2.75) is 25.4 Å². The van der Waals surface area contributed by atoms with Crippen LogP contribution >= 0.6 is 0 Å². The van der Waals surface area contributed by atoms with Crippen LogP contribution in [-0.4, -0.2) is 18.7 Å². The van der Waals surface area contributed by atoms with Crippen LogP contribution in [0.3, 0.4) is 0 Å². The van der Waals surface area contributed by atoms with Gasteiger partial charge in [0, 0.05) is 37.9 Å². The highest BCUT2D eigenvalue weighted by Crippen LogP contribution is 2.33. The smallest absolute Gasteiger partial charge is 0.328 e. The molecule has 3 rings (SSSR count). The van der Waals surface area contributed by atoms with Crippen molar-refractivity contribution in [2.24, 2.45) is 7.05 Å². The first-order valence-electron chi connectivity index (χ1n) is 5.49. The maximum atomic E-state index is 12.0. The molecule has 84 valence electrons. The molecular formula is C11H14N4O. The van der Waals surface area contributed by atoms with Crippen LogP contribution in [0.15, 0.2) is 29.6 Å². The minimum absolute atomic E-state index is 0.0745. The third-order valence-corrected chi connectivity index (χ3v) is 3.05. The minimum atomic E-state index is 0.0745. The van der Waals surface area contributed by atoms with E-state index in [1.807, 2.05) is 34.8 Å². The molecule has 0 radical (unpaired) electrons. The van der Waals surface area contributed by atoms with Gasteiger partial charge in [0.25, 0.3) is 0 Å². The normalized spacial score (nSPS) is 15.6. The van der Waals surface area contributed by atoms with E-state index in [1.165, 1.54) is 0 Å². The largest absolute Gasteiger partial charge is 0.337 e. The maximum Gasteiger partial charge on any atom is 0.328 e. The average molecular weight is 218 g/mol. The summed E-state index contributed by atoms with van der Waals surface area (Å²) in [5.74, 6) is 0.899. The van der Waals surface area contributed by atoms with E-state index in [4.69, 9.17) is 0 Å². The Morgan fingerprint density at radius 1 is 1.38 bits per heavy atom. The molecule has 1 aliphatic carbocycles. The molecule has 1 aliphatic rings. The number of hydrogen-bond acceptors (Lipinski definition) is 2. The molecule has 0 amide bonds. The molecular weight excluding hydrogens is 204 g/mol. The number of aromatic nitrogens is 4. The summed E-state index contributed by atoms with van der Waals surface area (Å²) in [4.78, 5) is 16.2. The molecule has 0 unspecified atom stereocenters. The van der Waals surface area contributed by atoms with Crippen molar-refractivity contribution in [3.63, 3.8) is 0 Å². The summed E-state index contributed by atoms with van der Waals surface area (Å²) in [6.45, 7) is 0.544. The van der Waals surface area contributed by atoms with Gasteiger partial charge >= 0.3 is 5.69 Å². The van der Waals surface area contributed by atoms with E-state index < -0.39 is 0 Å². The van der Waals surface area contributed by atoms with Gasteiger partial charge in [0.1, 0.15) is 5.82 Å². The van der Waals surface area contributed by atoms with Crippen LogP contribution in [0, 0.1) is 0 Å². The Morgan fingerprint density at radius 2 is 2.19 bits per heavy atom. The summed E-state index contributed by atoms with van der Waals surface area (Å²) in [5.41, 5.74) is 0.0745. The second kappa shape index (κ2) is 3.37. The van der Waals surface area contributed by atoms with E-state index in [0.29, 0.717) is 12.6 Å². The van der Waals surface area contributed by atoms with Crippen LogP contribution in [0.5, 0.6) is 0 Å². The van der Waals surface area contributed by atoms with E-state index in [0.717, 1.165) is 18.7 Å². The lowest BCUT2D eigenvalue weighted by molar-refractivity contribution is 0.630. The Labute approximate surface area is 93.0 Å². The van der Waals surface area contributed by atoms with E-state index in [1.54, 1.807) is 10.8 Å². The molecule has 0 aromatic carbocycles. The van der Waals surface area contributed by atoms with Gasteiger partial charge in [-0.05, 0) is 12.8 Å². The maximum absolute atomic E-state index is 12.0. The van der Waals surface area contributed by atoms with E-state index >= 15 is 0 Å². The predicted octanol–water partition coefficient (Wildman–Crippen LogP) is 0.766. The molecule has 1 fully saturated rings. The predicted molar refractivity (Wildman–Crippen MR) is 59.3 cm³/mol. The molecule has 16 heavy (non-hydrogen) atoms. The molecule has 5 heteroatoms. The summed E-state index contributed by atoms with van der Waals surface area (Å²) < 4.78 is 5.46. The fraction of sp³-hybridized carbons (Fsp3) is 0.455. The molecule has 0 atom stereocenters. The van der Waals surface area contributed by atoms with Gasteiger partial charge in [-0.2, -0.15) is 0 Å². The second-order valence-corrected chi connectivity index (χ2v) is 4.30. The first kappa shape index (κ1) is 9.45. The van der Waals surface area contributed by atoms with Crippen LogP contribution in [0.4, 0.5) is 0 Å². The average Bonchev–Trinajstić information content (AvgIpc) is 2.94. The van der Waals surface area contributed by atoms with Crippen LogP contribution in [-0.2, 0) is 13.6 Å². The topological polar surface area (TPSA) is 44.8 Å². The van der Waals surface area contributed by atoms with Crippen molar-refractivity contribution < 1.29 is 0 Å². The van der Waals surface area contributed by atoms with Crippen molar-refractivity contribution in [3.05, 3.63) is 41.1 Å². The Bertz CT molecular complexity index is 559. The highest BCUT2D eigenvalue weighted by atomic mass is 16.1. The van der Waals surface area contributed by atoms with Crippen LogP contribution in [0.1, 0.15) is 24.7 Å². The Morgan fingerprint density at radius 3 is 2.81 bits per heavy atom. The Hall–Kier alpha value is -1.78.